The highest BCUT2D eigenvalue weighted by atomic mass is 19.1. The van der Waals surface area contributed by atoms with Crippen LogP contribution < -0.4 is 4.74 Å². The molecule has 3 nitrogen and oxygen atoms in total. The molecule has 1 N–H and O–H groups in total. The lowest BCUT2D eigenvalue weighted by Gasteiger charge is -2.11. The highest BCUT2D eigenvalue weighted by Gasteiger charge is 2.09. The summed E-state index contributed by atoms with van der Waals surface area (Å²) >= 11 is 0. The zero-order valence-electron chi connectivity index (χ0n) is 11.3. The molecule has 0 aromatic heterocycles. The van der Waals surface area contributed by atoms with Crippen molar-refractivity contribution in [2.45, 2.75) is 20.5 Å². The molecule has 104 valence electrons. The number of benzene rings is 2. The highest BCUT2D eigenvalue weighted by molar-refractivity contribution is 5.87. The van der Waals surface area contributed by atoms with E-state index in [0.29, 0.717) is 5.75 Å². The Balaban J connectivity index is 2.20. The molecule has 0 heterocycles. The van der Waals surface area contributed by atoms with Crippen LogP contribution in [0, 0.1) is 19.7 Å². The first-order valence-corrected chi connectivity index (χ1v) is 6.19. The summed E-state index contributed by atoms with van der Waals surface area (Å²) in [5.41, 5.74) is 2.27. The zero-order valence-corrected chi connectivity index (χ0v) is 11.3. The molecule has 0 aliphatic heterocycles. The van der Waals surface area contributed by atoms with Crippen molar-refractivity contribution in [2.24, 2.45) is 0 Å². The fraction of sp³-hybridized carbons (Fsp3) is 0.188. The number of aromatic carboxylic acids is 1. The Morgan fingerprint density at radius 2 is 1.95 bits per heavy atom. The van der Waals surface area contributed by atoms with Crippen molar-refractivity contribution < 1.29 is 19.0 Å². The van der Waals surface area contributed by atoms with Gasteiger partial charge in [-0.3, -0.25) is 0 Å². The zero-order chi connectivity index (χ0) is 14.7. The lowest BCUT2D eigenvalue weighted by atomic mass is 10.1. The standard InChI is InChI=1S/C16H15FO3/c1-10-3-4-11(2)15(7-10)20-9-13-8-12(16(18)19)5-6-14(13)17/h3-8H,9H2,1-2H3,(H,18,19). The van der Waals surface area contributed by atoms with E-state index in [-0.39, 0.29) is 17.7 Å². The Labute approximate surface area is 116 Å². The average Bonchev–Trinajstić information content (AvgIpc) is 2.41. The summed E-state index contributed by atoms with van der Waals surface area (Å²) in [5.74, 6) is -0.886. The van der Waals surface area contributed by atoms with Crippen LogP contribution in [0.5, 0.6) is 5.75 Å². The van der Waals surface area contributed by atoms with Gasteiger partial charge in [-0.25, -0.2) is 9.18 Å². The van der Waals surface area contributed by atoms with Crippen LogP contribution in [0.15, 0.2) is 36.4 Å². The topological polar surface area (TPSA) is 46.5 Å². The molecular weight excluding hydrogens is 259 g/mol. The fourth-order valence-electron chi connectivity index (χ4n) is 1.84. The molecule has 0 saturated carbocycles. The van der Waals surface area contributed by atoms with E-state index in [1.165, 1.54) is 12.1 Å². The SMILES string of the molecule is Cc1ccc(C)c(OCc2cc(C(=O)O)ccc2F)c1. The number of hydrogen-bond acceptors (Lipinski definition) is 2. The lowest BCUT2D eigenvalue weighted by Crippen LogP contribution is -2.03. The van der Waals surface area contributed by atoms with E-state index in [4.69, 9.17) is 9.84 Å². The van der Waals surface area contributed by atoms with E-state index in [2.05, 4.69) is 0 Å². The van der Waals surface area contributed by atoms with Gasteiger partial charge in [-0.05, 0) is 49.2 Å². The van der Waals surface area contributed by atoms with E-state index in [9.17, 15) is 9.18 Å². The first kappa shape index (κ1) is 14.1. The molecule has 0 atom stereocenters. The Morgan fingerprint density at radius 3 is 2.65 bits per heavy atom. The molecule has 0 bridgehead atoms. The van der Waals surface area contributed by atoms with E-state index >= 15 is 0 Å². The van der Waals surface area contributed by atoms with Crippen molar-refractivity contribution in [3.05, 3.63) is 64.5 Å². The molecule has 2 aromatic carbocycles. The number of carbonyl (C=O) groups is 1. The van der Waals surface area contributed by atoms with Crippen LogP contribution in [0.4, 0.5) is 4.39 Å². The Morgan fingerprint density at radius 1 is 1.20 bits per heavy atom. The monoisotopic (exact) mass is 274 g/mol. The number of rotatable bonds is 4. The first-order valence-electron chi connectivity index (χ1n) is 6.19. The molecule has 2 rings (SSSR count). The van der Waals surface area contributed by atoms with Crippen molar-refractivity contribution in [1.29, 1.82) is 0 Å². The normalized spacial score (nSPS) is 10.3. The molecule has 0 radical (unpaired) electrons. The largest absolute Gasteiger partial charge is 0.489 e. The molecule has 2 aromatic rings. The van der Waals surface area contributed by atoms with Crippen molar-refractivity contribution >= 4 is 5.97 Å². The first-order chi connectivity index (χ1) is 9.47. The van der Waals surface area contributed by atoms with Crippen LogP contribution in [0.25, 0.3) is 0 Å². The fourth-order valence-corrected chi connectivity index (χ4v) is 1.84. The Kier molecular flexibility index (Phi) is 4.03. The molecule has 0 saturated heterocycles. The number of aryl methyl sites for hydroxylation is 2. The number of hydrogen-bond donors (Lipinski definition) is 1. The molecular formula is C16H15FO3. The average molecular weight is 274 g/mol. The molecule has 0 fully saturated rings. The number of ether oxygens (including phenoxy) is 1. The van der Waals surface area contributed by atoms with Gasteiger partial charge in [0.2, 0.25) is 0 Å². The van der Waals surface area contributed by atoms with Crippen LogP contribution in [0.1, 0.15) is 27.0 Å². The second kappa shape index (κ2) is 5.74. The van der Waals surface area contributed by atoms with Gasteiger partial charge in [-0.2, -0.15) is 0 Å². The summed E-state index contributed by atoms with van der Waals surface area (Å²) in [6.07, 6.45) is 0. The maximum Gasteiger partial charge on any atom is 0.335 e. The summed E-state index contributed by atoms with van der Waals surface area (Å²) in [4.78, 5) is 10.9. The minimum absolute atomic E-state index is 0.00273. The summed E-state index contributed by atoms with van der Waals surface area (Å²) in [5, 5.41) is 8.90. The summed E-state index contributed by atoms with van der Waals surface area (Å²) in [6.45, 7) is 3.84. The van der Waals surface area contributed by atoms with Gasteiger partial charge in [0.05, 0.1) is 5.56 Å². The lowest BCUT2D eigenvalue weighted by molar-refractivity contribution is 0.0696. The van der Waals surface area contributed by atoms with E-state index < -0.39 is 11.8 Å². The molecule has 0 aliphatic rings. The van der Waals surface area contributed by atoms with Gasteiger partial charge < -0.3 is 9.84 Å². The minimum atomic E-state index is -1.09. The second-order valence-electron chi connectivity index (χ2n) is 4.67. The van der Waals surface area contributed by atoms with E-state index in [1.54, 1.807) is 0 Å². The third-order valence-corrected chi connectivity index (χ3v) is 3.02. The second-order valence-corrected chi connectivity index (χ2v) is 4.67. The molecule has 0 aliphatic carbocycles. The number of carboxylic acid groups (broad SMARTS) is 1. The Bertz CT molecular complexity index is 650. The van der Waals surface area contributed by atoms with Crippen LogP contribution >= 0.6 is 0 Å². The summed E-state index contributed by atoms with van der Waals surface area (Å²) < 4.78 is 19.2. The van der Waals surface area contributed by atoms with Crippen molar-refractivity contribution in [2.75, 3.05) is 0 Å². The van der Waals surface area contributed by atoms with Crippen molar-refractivity contribution in [1.82, 2.24) is 0 Å². The van der Waals surface area contributed by atoms with Gasteiger partial charge in [0.25, 0.3) is 0 Å². The van der Waals surface area contributed by atoms with Crippen LogP contribution in [-0.4, -0.2) is 11.1 Å². The molecule has 20 heavy (non-hydrogen) atoms. The minimum Gasteiger partial charge on any atom is -0.489 e. The highest BCUT2D eigenvalue weighted by Crippen LogP contribution is 2.21. The van der Waals surface area contributed by atoms with Gasteiger partial charge in [0.1, 0.15) is 18.2 Å². The van der Waals surface area contributed by atoms with Gasteiger partial charge in [0.15, 0.2) is 0 Å². The maximum absolute atomic E-state index is 13.6. The van der Waals surface area contributed by atoms with Crippen molar-refractivity contribution in [3.63, 3.8) is 0 Å². The van der Waals surface area contributed by atoms with Crippen LogP contribution in [-0.2, 0) is 6.61 Å². The summed E-state index contributed by atoms with van der Waals surface area (Å²) in [7, 11) is 0. The van der Waals surface area contributed by atoms with Crippen molar-refractivity contribution in [3.8, 4) is 5.75 Å². The third kappa shape index (κ3) is 3.15. The third-order valence-electron chi connectivity index (χ3n) is 3.02. The molecule has 4 heteroatoms. The van der Waals surface area contributed by atoms with Gasteiger partial charge in [0, 0.05) is 5.56 Å². The predicted octanol–water partition coefficient (Wildman–Crippen LogP) is 3.72. The number of carboxylic acids is 1. The number of halogens is 1. The predicted molar refractivity (Wildman–Crippen MR) is 73.6 cm³/mol. The van der Waals surface area contributed by atoms with Gasteiger partial charge in [-0.15, -0.1) is 0 Å². The molecule has 0 spiro atoms. The van der Waals surface area contributed by atoms with Gasteiger partial charge in [-0.1, -0.05) is 12.1 Å². The van der Waals surface area contributed by atoms with Crippen LogP contribution in [0.3, 0.4) is 0 Å². The van der Waals surface area contributed by atoms with E-state index in [0.717, 1.165) is 17.2 Å². The summed E-state index contributed by atoms with van der Waals surface area (Å²) in [6, 6.07) is 9.43. The Hall–Kier alpha value is -2.36. The van der Waals surface area contributed by atoms with Gasteiger partial charge >= 0.3 is 5.97 Å². The molecule has 0 amide bonds. The smallest absolute Gasteiger partial charge is 0.335 e. The maximum atomic E-state index is 13.6. The quantitative estimate of drug-likeness (QED) is 0.924. The van der Waals surface area contributed by atoms with Crippen LogP contribution in [0.2, 0.25) is 0 Å². The molecule has 0 unspecified atom stereocenters. The van der Waals surface area contributed by atoms with E-state index in [1.807, 2.05) is 32.0 Å².